The van der Waals surface area contributed by atoms with Crippen molar-refractivity contribution in [3.05, 3.63) is 108 Å². The minimum atomic E-state index is 0.156. The van der Waals surface area contributed by atoms with Gasteiger partial charge in [0.15, 0.2) is 0 Å². The molecule has 3 aromatic carbocycles. The first-order valence-corrected chi connectivity index (χ1v) is 11.5. The van der Waals surface area contributed by atoms with Crippen LogP contribution < -0.4 is 0 Å². The smallest absolute Gasteiger partial charge is 0.253 e. The van der Waals surface area contributed by atoms with E-state index in [1.165, 1.54) is 24.0 Å². The maximum absolute atomic E-state index is 13.2. The van der Waals surface area contributed by atoms with Crippen LogP contribution in [-0.2, 0) is 0 Å². The van der Waals surface area contributed by atoms with E-state index in [0.29, 0.717) is 17.9 Å². The van der Waals surface area contributed by atoms with Crippen LogP contribution in [0.15, 0.2) is 91.0 Å². The molecule has 2 aliphatic rings. The number of benzene rings is 3. The summed E-state index contributed by atoms with van der Waals surface area (Å²) >= 11 is 0. The molecule has 0 unspecified atom stereocenters. The predicted molar refractivity (Wildman–Crippen MR) is 125 cm³/mol. The van der Waals surface area contributed by atoms with Crippen molar-refractivity contribution in [2.75, 3.05) is 26.2 Å². The van der Waals surface area contributed by atoms with E-state index < -0.39 is 0 Å². The van der Waals surface area contributed by atoms with Crippen LogP contribution in [0.3, 0.4) is 0 Å². The molecule has 1 amide bonds. The summed E-state index contributed by atoms with van der Waals surface area (Å²) in [5, 5.41) is 0. The van der Waals surface area contributed by atoms with Crippen molar-refractivity contribution < 1.29 is 4.79 Å². The van der Waals surface area contributed by atoms with Crippen molar-refractivity contribution in [2.24, 2.45) is 0 Å². The van der Waals surface area contributed by atoms with Gasteiger partial charge in [-0.15, -0.1) is 0 Å². The zero-order valence-electron chi connectivity index (χ0n) is 17.9. The Kier molecular flexibility index (Phi) is 5.86. The topological polar surface area (TPSA) is 23.6 Å². The lowest BCUT2D eigenvalue weighted by Gasteiger charge is -2.38. The third-order valence-corrected chi connectivity index (χ3v) is 7.09. The Balaban J connectivity index is 1.34. The fourth-order valence-electron chi connectivity index (χ4n) is 5.40. The van der Waals surface area contributed by atoms with Crippen molar-refractivity contribution in [2.45, 2.75) is 30.7 Å². The van der Waals surface area contributed by atoms with Gasteiger partial charge in [0.1, 0.15) is 0 Å². The lowest BCUT2D eigenvalue weighted by molar-refractivity contribution is 0.0769. The monoisotopic (exact) mass is 410 g/mol. The van der Waals surface area contributed by atoms with Gasteiger partial charge in [-0.05, 0) is 55.1 Å². The predicted octanol–water partition coefficient (Wildman–Crippen LogP) is 5.17. The molecule has 0 N–H and O–H groups in total. The van der Waals surface area contributed by atoms with Gasteiger partial charge in [0.05, 0.1) is 0 Å². The molecule has 5 rings (SSSR count). The first-order valence-electron chi connectivity index (χ1n) is 11.5. The Hall–Kier alpha value is -2.91. The van der Waals surface area contributed by atoms with E-state index in [9.17, 15) is 4.79 Å². The normalized spacial score (nSPS) is 22.5. The summed E-state index contributed by atoms with van der Waals surface area (Å²) < 4.78 is 0. The average Bonchev–Trinajstić information content (AvgIpc) is 3.31. The molecule has 0 aromatic heterocycles. The van der Waals surface area contributed by atoms with Gasteiger partial charge in [0.25, 0.3) is 5.91 Å². The fraction of sp³-hybridized carbons (Fsp3) is 0.321. The second kappa shape index (κ2) is 9.07. The maximum Gasteiger partial charge on any atom is 0.253 e. The highest BCUT2D eigenvalue weighted by Crippen LogP contribution is 2.36. The number of amides is 1. The molecule has 31 heavy (non-hydrogen) atoms. The molecule has 0 saturated carbocycles. The number of piperidine rings is 1. The average molecular weight is 411 g/mol. The number of carbonyl (C=O) groups is 1. The Morgan fingerprint density at radius 3 is 1.84 bits per heavy atom. The van der Waals surface area contributed by atoms with E-state index in [2.05, 4.69) is 70.5 Å². The Labute approximate surface area is 185 Å². The summed E-state index contributed by atoms with van der Waals surface area (Å²) in [4.78, 5) is 17.9. The van der Waals surface area contributed by atoms with Crippen LogP contribution in [0.4, 0.5) is 0 Å². The maximum atomic E-state index is 13.2. The van der Waals surface area contributed by atoms with E-state index in [4.69, 9.17) is 0 Å². The first kappa shape index (κ1) is 20.0. The van der Waals surface area contributed by atoms with Gasteiger partial charge in [-0.3, -0.25) is 9.69 Å². The van der Waals surface area contributed by atoms with E-state index in [1.807, 2.05) is 30.3 Å². The molecule has 3 nitrogen and oxygen atoms in total. The lowest BCUT2D eigenvalue weighted by atomic mass is 9.87. The van der Waals surface area contributed by atoms with Gasteiger partial charge in [-0.1, -0.05) is 78.9 Å². The number of rotatable bonds is 4. The second-order valence-corrected chi connectivity index (χ2v) is 8.88. The largest absolute Gasteiger partial charge is 0.336 e. The molecule has 0 bridgehead atoms. The Morgan fingerprint density at radius 2 is 1.23 bits per heavy atom. The minimum absolute atomic E-state index is 0.156. The summed E-state index contributed by atoms with van der Waals surface area (Å²) in [6.45, 7) is 3.80. The van der Waals surface area contributed by atoms with Crippen molar-refractivity contribution in [3.63, 3.8) is 0 Å². The molecule has 2 heterocycles. The molecule has 158 valence electrons. The highest BCUT2D eigenvalue weighted by molar-refractivity contribution is 5.94. The van der Waals surface area contributed by atoms with Gasteiger partial charge in [0, 0.05) is 30.6 Å². The number of hydrogen-bond acceptors (Lipinski definition) is 2. The zero-order chi connectivity index (χ0) is 21.0. The van der Waals surface area contributed by atoms with Crippen molar-refractivity contribution >= 4 is 5.91 Å². The number of hydrogen-bond donors (Lipinski definition) is 0. The molecule has 0 radical (unpaired) electrons. The molecule has 0 spiro atoms. The molecule has 3 aromatic rings. The molecular formula is C28H30N2O. The SMILES string of the molecule is O=C(c1ccccc1)N1C[C@H](c2ccccc2)[C@@H](N2CCC(c3ccccc3)CC2)C1. The molecule has 2 aliphatic heterocycles. The molecule has 0 aliphatic carbocycles. The molecule has 2 fully saturated rings. The van der Waals surface area contributed by atoms with Crippen molar-refractivity contribution in [1.82, 2.24) is 9.80 Å². The first-order chi connectivity index (χ1) is 15.3. The lowest BCUT2D eigenvalue weighted by Crippen LogP contribution is -2.45. The molecular weight excluding hydrogens is 380 g/mol. The zero-order valence-corrected chi connectivity index (χ0v) is 17.9. The highest BCUT2D eigenvalue weighted by Gasteiger charge is 2.40. The van der Waals surface area contributed by atoms with Gasteiger partial charge in [-0.2, -0.15) is 0 Å². The minimum Gasteiger partial charge on any atom is -0.336 e. The van der Waals surface area contributed by atoms with Gasteiger partial charge < -0.3 is 4.90 Å². The van der Waals surface area contributed by atoms with Crippen LogP contribution in [0.5, 0.6) is 0 Å². The third kappa shape index (κ3) is 4.28. The number of likely N-dealkylation sites (tertiary alicyclic amines) is 2. The van der Waals surface area contributed by atoms with Crippen molar-refractivity contribution in [3.8, 4) is 0 Å². The fourth-order valence-corrected chi connectivity index (χ4v) is 5.40. The van der Waals surface area contributed by atoms with Crippen LogP contribution in [0.25, 0.3) is 0 Å². The molecule has 3 heteroatoms. The summed E-state index contributed by atoms with van der Waals surface area (Å²) in [6.07, 6.45) is 2.38. The summed E-state index contributed by atoms with van der Waals surface area (Å²) in [5.41, 5.74) is 3.60. The quantitative estimate of drug-likeness (QED) is 0.592. The second-order valence-electron chi connectivity index (χ2n) is 8.88. The van der Waals surface area contributed by atoms with Crippen LogP contribution in [0, 0.1) is 0 Å². The van der Waals surface area contributed by atoms with Crippen LogP contribution in [0.1, 0.15) is 46.2 Å². The van der Waals surface area contributed by atoms with Gasteiger partial charge in [0.2, 0.25) is 0 Å². The van der Waals surface area contributed by atoms with E-state index in [1.54, 1.807) is 0 Å². The number of carbonyl (C=O) groups excluding carboxylic acids is 1. The van der Waals surface area contributed by atoms with Crippen LogP contribution in [0.2, 0.25) is 0 Å². The van der Waals surface area contributed by atoms with Crippen molar-refractivity contribution in [1.29, 1.82) is 0 Å². The molecule has 2 atom stereocenters. The standard InChI is InChI=1S/C28H30N2O/c31-28(25-14-8-3-9-15-25)30-20-26(24-12-6-2-7-13-24)27(21-30)29-18-16-23(17-19-29)22-10-4-1-5-11-22/h1-15,23,26-27H,16-21H2/t26-,27+/m1/s1. The van der Waals surface area contributed by atoms with Crippen LogP contribution in [-0.4, -0.2) is 47.9 Å². The Morgan fingerprint density at radius 1 is 0.677 bits per heavy atom. The summed E-state index contributed by atoms with van der Waals surface area (Å²) in [7, 11) is 0. The van der Waals surface area contributed by atoms with E-state index >= 15 is 0 Å². The van der Waals surface area contributed by atoms with E-state index in [-0.39, 0.29) is 5.91 Å². The van der Waals surface area contributed by atoms with Crippen LogP contribution >= 0.6 is 0 Å². The number of nitrogens with zero attached hydrogens (tertiary/aromatic N) is 2. The van der Waals surface area contributed by atoms with Gasteiger partial charge in [-0.25, -0.2) is 0 Å². The summed E-state index contributed by atoms with van der Waals surface area (Å²) in [6, 6.07) is 31.8. The molecule has 2 saturated heterocycles. The van der Waals surface area contributed by atoms with E-state index in [0.717, 1.165) is 31.7 Å². The van der Waals surface area contributed by atoms with Gasteiger partial charge >= 0.3 is 0 Å². The third-order valence-electron chi connectivity index (χ3n) is 7.09. The highest BCUT2D eigenvalue weighted by atomic mass is 16.2. The Bertz CT molecular complexity index is 981. The summed E-state index contributed by atoms with van der Waals surface area (Å²) in [5.74, 6) is 1.17.